The molecule has 0 fully saturated rings. The van der Waals surface area contributed by atoms with Gasteiger partial charge in [-0.15, -0.1) is 0 Å². The number of hydrogen-bond acceptors (Lipinski definition) is 3. The maximum absolute atomic E-state index is 12.9. The van der Waals surface area contributed by atoms with Crippen LogP contribution in [0.25, 0.3) is 0 Å². The van der Waals surface area contributed by atoms with Crippen LogP contribution in [0.2, 0.25) is 5.02 Å². The van der Waals surface area contributed by atoms with E-state index in [4.69, 9.17) is 16.4 Å². The van der Waals surface area contributed by atoms with Crippen LogP contribution in [0.5, 0.6) is 0 Å². The van der Waals surface area contributed by atoms with Crippen LogP contribution < -0.4 is 5.32 Å². The van der Waals surface area contributed by atoms with Gasteiger partial charge >= 0.3 is 0 Å². The molecule has 0 bridgehead atoms. The standard InChI is InChI=1S/C15H12ClFN2O2/c16-13-8-12(17)6-7-14(13)19-15(20)10-21-18-9-11-4-2-1-3-5-11/h1-9H,10H2,(H,19,20)/b18-9-. The summed E-state index contributed by atoms with van der Waals surface area (Å²) in [5, 5.41) is 6.30. The normalized spacial score (nSPS) is 10.6. The van der Waals surface area contributed by atoms with E-state index in [1.807, 2.05) is 30.3 Å². The Kier molecular flexibility index (Phi) is 5.29. The fraction of sp³-hybridized carbons (Fsp3) is 0.0667. The van der Waals surface area contributed by atoms with Crippen molar-refractivity contribution in [3.63, 3.8) is 0 Å². The molecule has 0 aliphatic rings. The van der Waals surface area contributed by atoms with Gasteiger partial charge in [0.1, 0.15) is 5.82 Å². The lowest BCUT2D eigenvalue weighted by molar-refractivity contribution is -0.120. The Hall–Kier alpha value is -2.40. The van der Waals surface area contributed by atoms with Crippen LogP contribution in [-0.4, -0.2) is 18.7 Å². The predicted octanol–water partition coefficient (Wildman–Crippen LogP) is 3.47. The first-order chi connectivity index (χ1) is 10.1. The van der Waals surface area contributed by atoms with E-state index in [0.717, 1.165) is 11.6 Å². The summed E-state index contributed by atoms with van der Waals surface area (Å²) in [6.07, 6.45) is 1.50. The van der Waals surface area contributed by atoms with Gasteiger partial charge in [-0.05, 0) is 23.8 Å². The third kappa shape index (κ3) is 4.89. The van der Waals surface area contributed by atoms with Crippen molar-refractivity contribution in [1.29, 1.82) is 0 Å². The highest BCUT2D eigenvalue weighted by Gasteiger charge is 2.06. The maximum Gasteiger partial charge on any atom is 0.265 e. The lowest BCUT2D eigenvalue weighted by Crippen LogP contribution is -2.17. The summed E-state index contributed by atoms with van der Waals surface area (Å²) >= 11 is 5.79. The molecule has 0 aromatic heterocycles. The lowest BCUT2D eigenvalue weighted by Gasteiger charge is -2.06. The lowest BCUT2D eigenvalue weighted by atomic mass is 10.2. The molecular formula is C15H12ClFN2O2. The fourth-order valence-electron chi connectivity index (χ4n) is 1.51. The van der Waals surface area contributed by atoms with E-state index in [1.54, 1.807) is 0 Å². The van der Waals surface area contributed by atoms with Crippen LogP contribution in [-0.2, 0) is 9.63 Å². The van der Waals surface area contributed by atoms with Crippen molar-refractivity contribution < 1.29 is 14.0 Å². The number of amides is 1. The number of carbonyl (C=O) groups excluding carboxylic acids is 1. The average Bonchev–Trinajstić information content (AvgIpc) is 2.48. The van der Waals surface area contributed by atoms with Crippen molar-refractivity contribution >= 4 is 29.4 Å². The van der Waals surface area contributed by atoms with E-state index in [0.29, 0.717) is 5.69 Å². The minimum absolute atomic E-state index is 0.121. The van der Waals surface area contributed by atoms with E-state index in [2.05, 4.69) is 10.5 Å². The van der Waals surface area contributed by atoms with Gasteiger partial charge in [-0.1, -0.05) is 47.1 Å². The van der Waals surface area contributed by atoms with Crippen LogP contribution in [0, 0.1) is 5.82 Å². The number of oxime groups is 1. The Bertz CT molecular complexity index is 647. The highest BCUT2D eigenvalue weighted by molar-refractivity contribution is 6.33. The molecule has 21 heavy (non-hydrogen) atoms. The van der Waals surface area contributed by atoms with Gasteiger partial charge in [0, 0.05) is 0 Å². The first-order valence-electron chi connectivity index (χ1n) is 6.10. The van der Waals surface area contributed by atoms with Gasteiger partial charge in [-0.3, -0.25) is 4.79 Å². The van der Waals surface area contributed by atoms with Gasteiger partial charge in [0.2, 0.25) is 0 Å². The van der Waals surface area contributed by atoms with Crippen molar-refractivity contribution in [1.82, 2.24) is 0 Å². The number of nitrogens with zero attached hydrogens (tertiary/aromatic N) is 1. The zero-order valence-corrected chi connectivity index (χ0v) is 11.7. The number of halogens is 2. The molecule has 0 atom stereocenters. The summed E-state index contributed by atoms with van der Waals surface area (Å²) in [6.45, 7) is -0.267. The van der Waals surface area contributed by atoms with Gasteiger partial charge in [-0.2, -0.15) is 0 Å². The molecule has 1 amide bonds. The number of rotatable bonds is 5. The fourth-order valence-corrected chi connectivity index (χ4v) is 1.72. The van der Waals surface area contributed by atoms with Gasteiger partial charge < -0.3 is 10.2 Å². The zero-order valence-electron chi connectivity index (χ0n) is 10.9. The van der Waals surface area contributed by atoms with Crippen molar-refractivity contribution in [2.24, 2.45) is 5.16 Å². The summed E-state index contributed by atoms with van der Waals surface area (Å²) in [4.78, 5) is 16.5. The molecule has 0 aliphatic carbocycles. The average molecular weight is 307 g/mol. The van der Waals surface area contributed by atoms with Crippen LogP contribution in [0.1, 0.15) is 5.56 Å². The molecule has 2 rings (SSSR count). The quantitative estimate of drug-likeness (QED) is 0.679. The van der Waals surface area contributed by atoms with Gasteiger partial charge in [0.25, 0.3) is 5.91 Å². The minimum Gasteiger partial charge on any atom is -0.386 e. The van der Waals surface area contributed by atoms with Crippen molar-refractivity contribution in [2.45, 2.75) is 0 Å². The first-order valence-corrected chi connectivity index (χ1v) is 6.48. The maximum atomic E-state index is 12.9. The third-order valence-corrected chi connectivity index (χ3v) is 2.79. The van der Waals surface area contributed by atoms with Crippen molar-refractivity contribution in [3.8, 4) is 0 Å². The molecule has 2 aromatic rings. The molecule has 108 valence electrons. The van der Waals surface area contributed by atoms with Crippen LogP contribution in [0.15, 0.2) is 53.7 Å². The summed E-state index contributed by atoms with van der Waals surface area (Å²) in [5.74, 6) is -0.907. The van der Waals surface area contributed by atoms with Crippen molar-refractivity contribution in [2.75, 3.05) is 11.9 Å². The Morgan fingerprint density at radius 1 is 1.29 bits per heavy atom. The summed E-state index contributed by atoms with van der Waals surface area (Å²) in [6, 6.07) is 13.0. The Morgan fingerprint density at radius 2 is 2.05 bits per heavy atom. The highest BCUT2D eigenvalue weighted by atomic mass is 35.5. The third-order valence-electron chi connectivity index (χ3n) is 2.48. The second-order valence-electron chi connectivity index (χ2n) is 4.09. The van der Waals surface area contributed by atoms with Crippen molar-refractivity contribution in [3.05, 3.63) is 64.9 Å². The molecule has 0 unspecified atom stereocenters. The highest BCUT2D eigenvalue weighted by Crippen LogP contribution is 2.22. The molecule has 0 radical (unpaired) electrons. The molecule has 0 heterocycles. The number of carbonyl (C=O) groups is 1. The monoisotopic (exact) mass is 306 g/mol. The Labute approximate surface area is 126 Å². The SMILES string of the molecule is O=C(CO/N=C\c1ccccc1)Nc1ccc(F)cc1Cl. The smallest absolute Gasteiger partial charge is 0.265 e. The number of benzene rings is 2. The molecule has 1 N–H and O–H groups in total. The van der Waals surface area contributed by atoms with E-state index < -0.39 is 11.7 Å². The Balaban J connectivity index is 1.81. The summed E-state index contributed by atoms with van der Waals surface area (Å²) in [7, 11) is 0. The van der Waals surface area contributed by atoms with Gasteiger partial charge in [0.15, 0.2) is 6.61 Å². The van der Waals surface area contributed by atoms with Crippen LogP contribution >= 0.6 is 11.6 Å². The second-order valence-corrected chi connectivity index (χ2v) is 4.50. The number of anilines is 1. The zero-order chi connectivity index (χ0) is 15.1. The summed E-state index contributed by atoms with van der Waals surface area (Å²) in [5.41, 5.74) is 1.18. The molecule has 4 nitrogen and oxygen atoms in total. The van der Waals surface area contributed by atoms with E-state index in [9.17, 15) is 9.18 Å². The van der Waals surface area contributed by atoms with Crippen LogP contribution in [0.3, 0.4) is 0 Å². The van der Waals surface area contributed by atoms with E-state index in [1.165, 1.54) is 18.3 Å². The molecule has 0 saturated carbocycles. The number of hydrogen-bond donors (Lipinski definition) is 1. The molecular weight excluding hydrogens is 295 g/mol. The first kappa shape index (κ1) is 15.0. The van der Waals surface area contributed by atoms with E-state index >= 15 is 0 Å². The van der Waals surface area contributed by atoms with E-state index in [-0.39, 0.29) is 11.6 Å². The minimum atomic E-state index is -0.471. The topological polar surface area (TPSA) is 50.7 Å². The van der Waals surface area contributed by atoms with Gasteiger partial charge in [-0.25, -0.2) is 4.39 Å². The van der Waals surface area contributed by atoms with Gasteiger partial charge in [0.05, 0.1) is 16.9 Å². The largest absolute Gasteiger partial charge is 0.386 e. The molecule has 0 saturated heterocycles. The predicted molar refractivity (Wildman–Crippen MR) is 80.0 cm³/mol. The second kappa shape index (κ2) is 7.40. The molecule has 0 aliphatic heterocycles. The molecule has 2 aromatic carbocycles. The number of nitrogens with one attached hydrogen (secondary N) is 1. The summed E-state index contributed by atoms with van der Waals surface area (Å²) < 4.78 is 12.9. The molecule has 6 heteroatoms. The Morgan fingerprint density at radius 3 is 2.76 bits per heavy atom. The van der Waals surface area contributed by atoms with Crippen LogP contribution in [0.4, 0.5) is 10.1 Å². The molecule has 0 spiro atoms.